The van der Waals surface area contributed by atoms with E-state index in [2.05, 4.69) is 10.3 Å². The van der Waals surface area contributed by atoms with Crippen molar-refractivity contribution in [3.63, 3.8) is 0 Å². The molecule has 1 N–H and O–H groups in total. The largest absolute Gasteiger partial charge is 0.492 e. The molecule has 104 valence electrons. The molecule has 1 aromatic carbocycles. The third-order valence-corrected chi connectivity index (χ3v) is 2.98. The van der Waals surface area contributed by atoms with Gasteiger partial charge in [-0.25, -0.2) is 0 Å². The molecule has 0 spiro atoms. The van der Waals surface area contributed by atoms with Crippen molar-refractivity contribution in [2.45, 2.75) is 13.8 Å². The zero-order chi connectivity index (χ0) is 14.5. The van der Waals surface area contributed by atoms with Gasteiger partial charge in [0.1, 0.15) is 5.75 Å². The van der Waals surface area contributed by atoms with Crippen LogP contribution in [0.4, 0.5) is 5.69 Å². The Labute approximate surface area is 122 Å². The van der Waals surface area contributed by atoms with Crippen molar-refractivity contribution in [2.75, 3.05) is 11.9 Å². The van der Waals surface area contributed by atoms with Gasteiger partial charge >= 0.3 is 0 Å². The van der Waals surface area contributed by atoms with Crippen molar-refractivity contribution in [3.05, 3.63) is 52.8 Å². The minimum Gasteiger partial charge on any atom is -0.492 e. The van der Waals surface area contributed by atoms with E-state index in [-0.39, 0.29) is 5.91 Å². The van der Waals surface area contributed by atoms with Gasteiger partial charge < -0.3 is 10.1 Å². The molecule has 2 rings (SSSR count). The van der Waals surface area contributed by atoms with E-state index < -0.39 is 0 Å². The summed E-state index contributed by atoms with van der Waals surface area (Å²) in [6.07, 6.45) is 1.47. The number of hydrogen-bond donors (Lipinski definition) is 1. The Bertz CT molecular complexity index is 629. The Balaban J connectivity index is 2.23. The van der Waals surface area contributed by atoms with Crippen LogP contribution in [0.2, 0.25) is 5.02 Å². The van der Waals surface area contributed by atoms with Crippen LogP contribution in [0.25, 0.3) is 0 Å². The van der Waals surface area contributed by atoms with Crippen molar-refractivity contribution in [2.24, 2.45) is 0 Å². The molecule has 0 saturated carbocycles. The number of aryl methyl sites for hydroxylation is 1. The number of hydrogen-bond acceptors (Lipinski definition) is 3. The number of amides is 1. The van der Waals surface area contributed by atoms with Crippen LogP contribution in [0.15, 0.2) is 36.5 Å². The summed E-state index contributed by atoms with van der Waals surface area (Å²) >= 11 is 6.06. The second kappa shape index (κ2) is 6.39. The van der Waals surface area contributed by atoms with Crippen LogP contribution >= 0.6 is 11.6 Å². The first-order chi connectivity index (χ1) is 9.61. The van der Waals surface area contributed by atoms with Crippen LogP contribution in [-0.2, 0) is 0 Å². The molecular weight excluding hydrogens is 276 g/mol. The molecule has 2 aromatic rings. The van der Waals surface area contributed by atoms with E-state index in [4.69, 9.17) is 16.3 Å². The van der Waals surface area contributed by atoms with Crippen LogP contribution < -0.4 is 10.1 Å². The van der Waals surface area contributed by atoms with Gasteiger partial charge in [-0.3, -0.25) is 9.78 Å². The van der Waals surface area contributed by atoms with Crippen molar-refractivity contribution in [1.29, 1.82) is 0 Å². The topological polar surface area (TPSA) is 51.2 Å². The second-order valence-electron chi connectivity index (χ2n) is 4.19. The van der Waals surface area contributed by atoms with E-state index in [1.807, 2.05) is 26.0 Å². The molecule has 5 heteroatoms. The van der Waals surface area contributed by atoms with Crippen molar-refractivity contribution >= 4 is 23.2 Å². The maximum absolute atomic E-state index is 12.2. The lowest BCUT2D eigenvalue weighted by Gasteiger charge is -2.11. The zero-order valence-corrected chi connectivity index (χ0v) is 12.1. The van der Waals surface area contributed by atoms with Gasteiger partial charge in [0.05, 0.1) is 22.9 Å². The third-order valence-electron chi connectivity index (χ3n) is 2.67. The molecule has 1 aromatic heterocycles. The summed E-state index contributed by atoms with van der Waals surface area (Å²) in [5.74, 6) is 0.314. The summed E-state index contributed by atoms with van der Waals surface area (Å²) in [5, 5.41) is 3.16. The van der Waals surface area contributed by atoms with Gasteiger partial charge in [0.2, 0.25) is 0 Å². The smallest absolute Gasteiger partial charge is 0.258 e. The summed E-state index contributed by atoms with van der Waals surface area (Å²) in [7, 11) is 0. The van der Waals surface area contributed by atoms with E-state index in [0.717, 1.165) is 5.69 Å². The molecular formula is C15H15ClN2O2. The number of nitrogens with one attached hydrogen (secondary N) is 1. The SMILES string of the molecule is CCOc1ccccc1NC(=O)c1cnc(C)cc1Cl. The lowest BCUT2D eigenvalue weighted by atomic mass is 10.2. The van der Waals surface area contributed by atoms with Gasteiger partial charge in [0, 0.05) is 11.9 Å². The predicted molar refractivity (Wildman–Crippen MR) is 79.5 cm³/mol. The number of nitrogens with zero attached hydrogens (tertiary/aromatic N) is 1. The number of aromatic nitrogens is 1. The van der Waals surface area contributed by atoms with Gasteiger partial charge in [-0.1, -0.05) is 23.7 Å². The number of ether oxygens (including phenoxy) is 1. The fourth-order valence-electron chi connectivity index (χ4n) is 1.73. The number of rotatable bonds is 4. The third kappa shape index (κ3) is 3.27. The Morgan fingerprint density at radius 2 is 2.15 bits per heavy atom. The fourth-order valence-corrected chi connectivity index (χ4v) is 2.03. The summed E-state index contributed by atoms with van der Waals surface area (Å²) in [6.45, 7) is 4.23. The molecule has 1 heterocycles. The van der Waals surface area contributed by atoms with Crippen molar-refractivity contribution < 1.29 is 9.53 Å². The highest BCUT2D eigenvalue weighted by atomic mass is 35.5. The zero-order valence-electron chi connectivity index (χ0n) is 11.3. The highest BCUT2D eigenvalue weighted by Crippen LogP contribution is 2.25. The van der Waals surface area contributed by atoms with E-state index in [9.17, 15) is 4.79 Å². The number of carbonyl (C=O) groups excluding carboxylic acids is 1. The van der Waals surface area contributed by atoms with Gasteiger partial charge in [0.25, 0.3) is 5.91 Å². The average Bonchev–Trinajstić information content (AvgIpc) is 2.41. The molecule has 1 amide bonds. The van der Waals surface area contributed by atoms with E-state index in [1.165, 1.54) is 6.20 Å². The number of benzene rings is 1. The maximum Gasteiger partial charge on any atom is 0.258 e. The number of carbonyl (C=O) groups is 1. The number of pyridine rings is 1. The highest BCUT2D eigenvalue weighted by Gasteiger charge is 2.13. The minimum atomic E-state index is -0.311. The quantitative estimate of drug-likeness (QED) is 0.934. The molecule has 0 unspecified atom stereocenters. The second-order valence-corrected chi connectivity index (χ2v) is 4.60. The summed E-state index contributed by atoms with van der Waals surface area (Å²) < 4.78 is 5.46. The Morgan fingerprint density at radius 3 is 2.85 bits per heavy atom. The van der Waals surface area contributed by atoms with Crippen molar-refractivity contribution in [3.8, 4) is 5.75 Å². The monoisotopic (exact) mass is 290 g/mol. The van der Waals surface area contributed by atoms with Gasteiger partial charge in [-0.15, -0.1) is 0 Å². The van der Waals surface area contributed by atoms with Crippen LogP contribution in [0.5, 0.6) is 5.75 Å². The molecule has 0 saturated heterocycles. The molecule has 0 radical (unpaired) electrons. The number of halogens is 1. The molecule has 0 aliphatic heterocycles. The molecule has 4 nitrogen and oxygen atoms in total. The standard InChI is InChI=1S/C15H15ClN2O2/c1-3-20-14-7-5-4-6-13(14)18-15(19)11-9-17-10(2)8-12(11)16/h4-9H,3H2,1-2H3,(H,18,19). The Morgan fingerprint density at radius 1 is 1.40 bits per heavy atom. The first-order valence-electron chi connectivity index (χ1n) is 6.27. The molecule has 0 aliphatic carbocycles. The molecule has 0 atom stereocenters. The Hall–Kier alpha value is -2.07. The average molecular weight is 291 g/mol. The fraction of sp³-hybridized carbons (Fsp3) is 0.200. The van der Waals surface area contributed by atoms with Crippen LogP contribution in [0.1, 0.15) is 23.0 Å². The van der Waals surface area contributed by atoms with Crippen LogP contribution in [0, 0.1) is 6.92 Å². The van der Waals surface area contributed by atoms with E-state index in [0.29, 0.717) is 28.6 Å². The highest BCUT2D eigenvalue weighted by molar-refractivity contribution is 6.34. The van der Waals surface area contributed by atoms with Crippen LogP contribution in [0.3, 0.4) is 0 Å². The van der Waals surface area contributed by atoms with Gasteiger partial charge in [-0.2, -0.15) is 0 Å². The molecule has 0 bridgehead atoms. The van der Waals surface area contributed by atoms with Gasteiger partial charge in [-0.05, 0) is 32.0 Å². The first kappa shape index (κ1) is 14.3. The summed E-state index contributed by atoms with van der Waals surface area (Å²) in [5.41, 5.74) is 1.71. The maximum atomic E-state index is 12.2. The first-order valence-corrected chi connectivity index (χ1v) is 6.65. The lowest BCUT2D eigenvalue weighted by Crippen LogP contribution is -2.14. The van der Waals surface area contributed by atoms with E-state index in [1.54, 1.807) is 18.2 Å². The van der Waals surface area contributed by atoms with Gasteiger partial charge in [0.15, 0.2) is 0 Å². The Kier molecular flexibility index (Phi) is 4.58. The minimum absolute atomic E-state index is 0.311. The molecule has 0 aliphatic rings. The normalized spacial score (nSPS) is 10.2. The number of anilines is 1. The van der Waals surface area contributed by atoms with E-state index >= 15 is 0 Å². The van der Waals surface area contributed by atoms with Crippen molar-refractivity contribution in [1.82, 2.24) is 4.98 Å². The summed E-state index contributed by atoms with van der Waals surface area (Å²) in [4.78, 5) is 16.3. The predicted octanol–water partition coefficient (Wildman–Crippen LogP) is 3.69. The van der Waals surface area contributed by atoms with Crippen LogP contribution in [-0.4, -0.2) is 17.5 Å². The number of para-hydroxylation sites is 2. The summed E-state index contributed by atoms with van der Waals surface area (Å²) in [6, 6.07) is 8.91. The molecule has 0 fully saturated rings. The lowest BCUT2D eigenvalue weighted by molar-refractivity contribution is 0.102. The molecule has 20 heavy (non-hydrogen) atoms.